The second kappa shape index (κ2) is 8.97. The molecule has 0 aliphatic heterocycles. The van der Waals surface area contributed by atoms with Gasteiger partial charge in [0.15, 0.2) is 0 Å². The van der Waals surface area contributed by atoms with E-state index in [0.29, 0.717) is 5.56 Å². The molecular weight excluding hydrogens is 408 g/mol. The smallest absolute Gasteiger partial charge is 0.248 e. The van der Waals surface area contributed by atoms with Crippen LogP contribution in [0.5, 0.6) is 0 Å². The molecule has 0 radical (unpaired) electrons. The van der Waals surface area contributed by atoms with Gasteiger partial charge in [-0.05, 0) is 61.0 Å². The van der Waals surface area contributed by atoms with Crippen molar-refractivity contribution in [3.8, 4) is 0 Å². The third-order valence-electron chi connectivity index (χ3n) is 4.86. The first-order valence-electron chi connectivity index (χ1n) is 9.88. The second-order valence-corrected chi connectivity index (χ2v) is 8.36. The van der Waals surface area contributed by atoms with E-state index >= 15 is 0 Å². The van der Waals surface area contributed by atoms with Crippen molar-refractivity contribution >= 4 is 44.7 Å². The Morgan fingerprint density at radius 3 is 2.32 bits per heavy atom. The highest BCUT2D eigenvalue weighted by Gasteiger charge is 2.13. The molecule has 2 amide bonds. The maximum Gasteiger partial charge on any atom is 0.248 e. The number of nitrogens with one attached hydrogen (secondary N) is 2. The van der Waals surface area contributed by atoms with Crippen LogP contribution in [0, 0.1) is 0 Å². The molecule has 4 N–H and O–H groups in total. The molecule has 1 heterocycles. The number of hydrogen-bond donors (Lipinski definition) is 3. The van der Waals surface area contributed by atoms with E-state index in [0.717, 1.165) is 33.9 Å². The molecule has 0 bridgehead atoms. The minimum Gasteiger partial charge on any atom is -0.374 e. The first-order valence-corrected chi connectivity index (χ1v) is 10.7. The highest BCUT2D eigenvalue weighted by atomic mass is 32.1. The minimum atomic E-state index is -0.482. The number of primary amides is 1. The molecule has 0 aliphatic carbocycles. The van der Waals surface area contributed by atoms with Crippen LogP contribution in [0.15, 0.2) is 72.8 Å². The van der Waals surface area contributed by atoms with E-state index in [1.165, 1.54) is 4.70 Å². The monoisotopic (exact) mass is 430 g/mol. The molecule has 156 valence electrons. The summed E-state index contributed by atoms with van der Waals surface area (Å²) in [6.45, 7) is 1.78. The SMILES string of the molecule is C[C@@H](Nc1ccc(C(N)=O)cc1)C(=O)Nc1ccc(Cc2nc3ccccc3s2)cc1. The third-order valence-corrected chi connectivity index (χ3v) is 5.90. The van der Waals surface area contributed by atoms with Crippen LogP contribution in [0.1, 0.15) is 27.9 Å². The molecule has 0 fully saturated rings. The van der Waals surface area contributed by atoms with Crippen molar-refractivity contribution in [3.63, 3.8) is 0 Å². The van der Waals surface area contributed by atoms with E-state index < -0.39 is 11.9 Å². The summed E-state index contributed by atoms with van der Waals surface area (Å²) < 4.78 is 1.19. The number of anilines is 2. The van der Waals surface area contributed by atoms with Crippen LogP contribution in [0.3, 0.4) is 0 Å². The number of rotatable bonds is 7. The van der Waals surface area contributed by atoms with Crippen molar-refractivity contribution in [1.29, 1.82) is 0 Å². The largest absolute Gasteiger partial charge is 0.374 e. The second-order valence-electron chi connectivity index (χ2n) is 7.25. The predicted octanol–water partition coefficient (Wildman–Crippen LogP) is 4.43. The highest BCUT2D eigenvalue weighted by Crippen LogP contribution is 2.24. The molecule has 0 aliphatic rings. The summed E-state index contributed by atoms with van der Waals surface area (Å²) in [5.74, 6) is -0.637. The van der Waals surface area contributed by atoms with E-state index in [4.69, 9.17) is 5.73 Å². The van der Waals surface area contributed by atoms with Crippen molar-refractivity contribution in [1.82, 2.24) is 4.98 Å². The fourth-order valence-corrected chi connectivity index (χ4v) is 4.17. The molecule has 1 atom stereocenters. The number of aromatic nitrogens is 1. The molecule has 6 nitrogen and oxygen atoms in total. The van der Waals surface area contributed by atoms with Gasteiger partial charge >= 0.3 is 0 Å². The van der Waals surface area contributed by atoms with Crippen LogP contribution >= 0.6 is 11.3 Å². The number of carbonyl (C=O) groups is 2. The first kappa shape index (κ1) is 20.6. The van der Waals surface area contributed by atoms with Gasteiger partial charge in [0.05, 0.1) is 15.2 Å². The summed E-state index contributed by atoms with van der Waals surface area (Å²) in [4.78, 5) is 28.3. The third kappa shape index (κ3) is 5.07. The summed E-state index contributed by atoms with van der Waals surface area (Å²) in [6.07, 6.45) is 0.757. The van der Waals surface area contributed by atoms with E-state index in [-0.39, 0.29) is 5.91 Å². The zero-order chi connectivity index (χ0) is 21.8. The van der Waals surface area contributed by atoms with Crippen LogP contribution in [-0.2, 0) is 11.2 Å². The van der Waals surface area contributed by atoms with E-state index in [1.54, 1.807) is 42.5 Å². The van der Waals surface area contributed by atoms with Gasteiger partial charge in [0, 0.05) is 23.4 Å². The predicted molar refractivity (Wildman–Crippen MR) is 126 cm³/mol. The van der Waals surface area contributed by atoms with E-state index in [1.807, 2.05) is 42.5 Å². The number of amides is 2. The molecule has 4 rings (SSSR count). The molecule has 1 aromatic heterocycles. The van der Waals surface area contributed by atoms with Crippen molar-refractivity contribution in [2.24, 2.45) is 5.73 Å². The number of carbonyl (C=O) groups excluding carboxylic acids is 2. The molecule has 4 aromatic rings. The molecule has 0 saturated carbocycles. The van der Waals surface area contributed by atoms with Gasteiger partial charge in [0.2, 0.25) is 11.8 Å². The Kier molecular flexibility index (Phi) is 5.95. The number of para-hydroxylation sites is 1. The summed E-state index contributed by atoms with van der Waals surface area (Å²) in [6, 6.07) is 22.2. The van der Waals surface area contributed by atoms with Crippen molar-refractivity contribution < 1.29 is 9.59 Å². The lowest BCUT2D eigenvalue weighted by molar-refractivity contribution is -0.116. The first-order chi connectivity index (χ1) is 15.0. The Bertz CT molecular complexity index is 1180. The molecule has 31 heavy (non-hydrogen) atoms. The van der Waals surface area contributed by atoms with Gasteiger partial charge in [-0.1, -0.05) is 24.3 Å². The molecule has 3 aromatic carbocycles. The van der Waals surface area contributed by atoms with E-state index in [9.17, 15) is 9.59 Å². The van der Waals surface area contributed by atoms with Gasteiger partial charge < -0.3 is 16.4 Å². The van der Waals surface area contributed by atoms with Crippen molar-refractivity contribution in [3.05, 3.63) is 88.9 Å². The number of thiazole rings is 1. The number of benzene rings is 3. The summed E-state index contributed by atoms with van der Waals surface area (Å²) >= 11 is 1.70. The average molecular weight is 431 g/mol. The lowest BCUT2D eigenvalue weighted by Crippen LogP contribution is -2.31. The van der Waals surface area contributed by atoms with Crippen LogP contribution in [-0.4, -0.2) is 22.8 Å². The molecule has 7 heteroatoms. The van der Waals surface area contributed by atoms with Gasteiger partial charge in [-0.2, -0.15) is 0 Å². The molecule has 0 spiro atoms. The Labute approximate surface area is 184 Å². The molecular formula is C24H22N4O2S. The van der Waals surface area contributed by atoms with Gasteiger partial charge in [-0.3, -0.25) is 9.59 Å². The topological polar surface area (TPSA) is 97.1 Å². The van der Waals surface area contributed by atoms with Crippen molar-refractivity contribution in [2.45, 2.75) is 19.4 Å². The maximum atomic E-state index is 12.5. The molecule has 0 saturated heterocycles. The van der Waals surface area contributed by atoms with Gasteiger partial charge in [0.1, 0.15) is 6.04 Å². The number of nitrogens with two attached hydrogens (primary N) is 1. The Balaban J connectivity index is 1.34. The summed E-state index contributed by atoms with van der Waals surface area (Å²) in [5, 5.41) is 7.10. The number of nitrogens with zero attached hydrogens (tertiary/aromatic N) is 1. The fraction of sp³-hybridized carbons (Fsp3) is 0.125. The normalized spacial score (nSPS) is 11.8. The van der Waals surface area contributed by atoms with Crippen LogP contribution in [0.25, 0.3) is 10.2 Å². The van der Waals surface area contributed by atoms with Crippen LogP contribution in [0.2, 0.25) is 0 Å². The average Bonchev–Trinajstić information content (AvgIpc) is 3.17. The Morgan fingerprint density at radius 1 is 0.968 bits per heavy atom. The van der Waals surface area contributed by atoms with Gasteiger partial charge in [0.25, 0.3) is 0 Å². The van der Waals surface area contributed by atoms with Gasteiger partial charge in [-0.15, -0.1) is 11.3 Å². The summed E-state index contributed by atoms with van der Waals surface area (Å²) in [7, 11) is 0. The minimum absolute atomic E-state index is 0.155. The Hall–Kier alpha value is -3.71. The zero-order valence-electron chi connectivity index (χ0n) is 17.0. The zero-order valence-corrected chi connectivity index (χ0v) is 17.8. The number of hydrogen-bond acceptors (Lipinski definition) is 5. The lowest BCUT2D eigenvalue weighted by atomic mass is 10.1. The molecule has 0 unspecified atom stereocenters. The standard InChI is InChI=1S/C24H22N4O2S/c1-15(26-18-12-8-17(9-13-18)23(25)29)24(30)27-19-10-6-16(7-11-19)14-22-28-20-4-2-3-5-21(20)31-22/h2-13,15,26H,14H2,1H3,(H2,25,29)(H,27,30)/t15-/m1/s1. The van der Waals surface area contributed by atoms with E-state index in [2.05, 4.69) is 21.7 Å². The quantitative estimate of drug-likeness (QED) is 0.404. The maximum absolute atomic E-state index is 12.5. The highest BCUT2D eigenvalue weighted by molar-refractivity contribution is 7.18. The number of fused-ring (bicyclic) bond motifs is 1. The van der Waals surface area contributed by atoms with Gasteiger partial charge in [-0.25, -0.2) is 4.98 Å². The summed E-state index contributed by atoms with van der Waals surface area (Å²) in [5.41, 5.74) is 9.30. The Morgan fingerprint density at radius 2 is 1.65 bits per heavy atom. The lowest BCUT2D eigenvalue weighted by Gasteiger charge is -2.15. The van der Waals surface area contributed by atoms with Crippen molar-refractivity contribution in [2.75, 3.05) is 10.6 Å². The fourth-order valence-electron chi connectivity index (χ4n) is 3.17. The van der Waals surface area contributed by atoms with Crippen LogP contribution < -0.4 is 16.4 Å². The van der Waals surface area contributed by atoms with Crippen LogP contribution in [0.4, 0.5) is 11.4 Å².